The van der Waals surface area contributed by atoms with Gasteiger partial charge >= 0.3 is 5.76 Å². The number of nitrogens with zero attached hydrogens (tertiary/aromatic N) is 1. The summed E-state index contributed by atoms with van der Waals surface area (Å²) in [6, 6.07) is 7.27. The molecule has 0 aliphatic heterocycles. The molecular formula is C16H18N2O3. The van der Waals surface area contributed by atoms with Crippen molar-refractivity contribution in [1.29, 1.82) is 0 Å². The Balaban J connectivity index is 2.09. The van der Waals surface area contributed by atoms with Crippen molar-refractivity contribution in [3.05, 3.63) is 57.5 Å². The average molecular weight is 286 g/mol. The lowest BCUT2D eigenvalue weighted by Gasteiger charge is -2.11. The van der Waals surface area contributed by atoms with Gasteiger partial charge in [-0.2, -0.15) is 0 Å². The van der Waals surface area contributed by atoms with E-state index >= 15 is 0 Å². The van der Waals surface area contributed by atoms with Gasteiger partial charge in [-0.25, -0.2) is 4.79 Å². The van der Waals surface area contributed by atoms with Crippen LogP contribution in [0.4, 0.5) is 0 Å². The molecule has 3 rings (SSSR count). The Labute approximate surface area is 122 Å². The van der Waals surface area contributed by atoms with Gasteiger partial charge in [0.05, 0.1) is 11.6 Å². The van der Waals surface area contributed by atoms with Crippen molar-refractivity contribution >= 4 is 11.1 Å². The SMILES string of the molecule is CCn1c(=O)oc2cc(C(N)c3cc(C)oc3C)ccc21. The van der Waals surface area contributed by atoms with Gasteiger partial charge in [0, 0.05) is 12.1 Å². The van der Waals surface area contributed by atoms with Gasteiger partial charge in [0.15, 0.2) is 5.58 Å². The minimum Gasteiger partial charge on any atom is -0.466 e. The first kappa shape index (κ1) is 13.7. The molecule has 110 valence electrons. The van der Waals surface area contributed by atoms with Crippen molar-refractivity contribution in [1.82, 2.24) is 4.57 Å². The zero-order chi connectivity index (χ0) is 15.1. The molecule has 0 radical (unpaired) electrons. The molecule has 0 aliphatic carbocycles. The van der Waals surface area contributed by atoms with Crippen LogP contribution in [0.5, 0.6) is 0 Å². The van der Waals surface area contributed by atoms with E-state index in [9.17, 15) is 4.79 Å². The number of furan rings is 1. The van der Waals surface area contributed by atoms with Crippen molar-refractivity contribution < 1.29 is 8.83 Å². The van der Waals surface area contributed by atoms with Gasteiger partial charge in [-0.15, -0.1) is 0 Å². The fourth-order valence-electron chi connectivity index (χ4n) is 2.71. The van der Waals surface area contributed by atoms with E-state index in [1.54, 1.807) is 4.57 Å². The van der Waals surface area contributed by atoms with E-state index in [0.717, 1.165) is 28.2 Å². The molecule has 0 saturated heterocycles. The molecule has 2 aromatic heterocycles. The Bertz CT molecular complexity index is 854. The molecule has 2 N–H and O–H groups in total. The number of fused-ring (bicyclic) bond motifs is 1. The number of rotatable bonds is 3. The van der Waals surface area contributed by atoms with Crippen LogP contribution in [0.2, 0.25) is 0 Å². The molecule has 2 heterocycles. The maximum atomic E-state index is 11.7. The van der Waals surface area contributed by atoms with Gasteiger partial charge < -0.3 is 14.6 Å². The predicted octanol–water partition coefficient (Wildman–Crippen LogP) is 2.87. The molecular weight excluding hydrogens is 268 g/mol. The summed E-state index contributed by atoms with van der Waals surface area (Å²) in [5, 5.41) is 0. The van der Waals surface area contributed by atoms with Gasteiger partial charge in [-0.3, -0.25) is 4.57 Å². The Kier molecular flexibility index (Phi) is 3.22. The molecule has 21 heavy (non-hydrogen) atoms. The highest BCUT2D eigenvalue weighted by molar-refractivity contribution is 5.74. The number of nitrogens with two attached hydrogens (primary N) is 1. The largest absolute Gasteiger partial charge is 0.466 e. The van der Waals surface area contributed by atoms with E-state index in [1.165, 1.54) is 0 Å². The maximum absolute atomic E-state index is 11.7. The van der Waals surface area contributed by atoms with Crippen LogP contribution >= 0.6 is 0 Å². The average Bonchev–Trinajstić information content (AvgIpc) is 2.95. The van der Waals surface area contributed by atoms with Crippen molar-refractivity contribution in [2.45, 2.75) is 33.4 Å². The van der Waals surface area contributed by atoms with Crippen LogP contribution in [0.15, 0.2) is 37.9 Å². The van der Waals surface area contributed by atoms with Crippen molar-refractivity contribution in [2.24, 2.45) is 5.73 Å². The zero-order valence-corrected chi connectivity index (χ0v) is 12.3. The third-order valence-corrected chi connectivity index (χ3v) is 3.78. The second-order valence-electron chi connectivity index (χ2n) is 5.19. The second kappa shape index (κ2) is 4.93. The lowest BCUT2D eigenvalue weighted by atomic mass is 9.99. The first-order valence-corrected chi connectivity index (χ1v) is 6.97. The number of aryl methyl sites for hydroxylation is 3. The lowest BCUT2D eigenvalue weighted by Crippen LogP contribution is -2.12. The van der Waals surface area contributed by atoms with Crippen LogP contribution < -0.4 is 11.5 Å². The third kappa shape index (κ3) is 2.19. The number of oxazole rings is 1. The molecule has 0 saturated carbocycles. The number of aromatic nitrogens is 1. The first-order valence-electron chi connectivity index (χ1n) is 6.97. The van der Waals surface area contributed by atoms with Gasteiger partial charge in [0.1, 0.15) is 11.5 Å². The molecule has 1 aromatic carbocycles. The summed E-state index contributed by atoms with van der Waals surface area (Å²) < 4.78 is 12.4. The Hall–Kier alpha value is -2.27. The molecule has 0 bridgehead atoms. The van der Waals surface area contributed by atoms with Crippen LogP contribution in [-0.2, 0) is 6.54 Å². The Morgan fingerprint density at radius 2 is 2.00 bits per heavy atom. The van der Waals surface area contributed by atoms with Gasteiger partial charge in [-0.05, 0) is 44.5 Å². The van der Waals surface area contributed by atoms with E-state index in [4.69, 9.17) is 14.6 Å². The van der Waals surface area contributed by atoms with Crippen LogP contribution in [0.1, 0.15) is 35.6 Å². The Morgan fingerprint density at radius 3 is 2.62 bits per heavy atom. The normalized spacial score (nSPS) is 13.0. The summed E-state index contributed by atoms with van der Waals surface area (Å²) in [5.41, 5.74) is 9.51. The van der Waals surface area contributed by atoms with Gasteiger partial charge in [0.25, 0.3) is 0 Å². The molecule has 0 amide bonds. The van der Waals surface area contributed by atoms with E-state index in [-0.39, 0.29) is 11.8 Å². The van der Waals surface area contributed by atoms with Crippen molar-refractivity contribution in [3.63, 3.8) is 0 Å². The highest BCUT2D eigenvalue weighted by atomic mass is 16.4. The first-order chi connectivity index (χ1) is 10.0. The number of hydrogen-bond acceptors (Lipinski definition) is 4. The molecule has 3 aromatic rings. The number of hydrogen-bond donors (Lipinski definition) is 1. The molecule has 5 nitrogen and oxygen atoms in total. The van der Waals surface area contributed by atoms with Crippen molar-refractivity contribution in [3.8, 4) is 0 Å². The van der Waals surface area contributed by atoms with Gasteiger partial charge in [0.2, 0.25) is 0 Å². The van der Waals surface area contributed by atoms with E-state index in [1.807, 2.05) is 45.0 Å². The van der Waals surface area contributed by atoms with Crippen LogP contribution in [0.25, 0.3) is 11.1 Å². The standard InChI is InChI=1S/C16H18N2O3/c1-4-18-13-6-5-11(8-14(13)21-16(18)19)15(17)12-7-9(2)20-10(12)3/h5-8,15H,4,17H2,1-3H3. The van der Waals surface area contributed by atoms with Crippen LogP contribution in [0, 0.1) is 13.8 Å². The van der Waals surface area contributed by atoms with E-state index in [2.05, 4.69) is 0 Å². The lowest BCUT2D eigenvalue weighted by molar-refractivity contribution is 0.499. The minimum absolute atomic E-state index is 0.304. The highest BCUT2D eigenvalue weighted by Crippen LogP contribution is 2.27. The summed E-state index contributed by atoms with van der Waals surface area (Å²) in [6.07, 6.45) is 0. The smallest absolute Gasteiger partial charge is 0.419 e. The summed E-state index contributed by atoms with van der Waals surface area (Å²) in [7, 11) is 0. The maximum Gasteiger partial charge on any atom is 0.419 e. The third-order valence-electron chi connectivity index (χ3n) is 3.78. The summed E-state index contributed by atoms with van der Waals surface area (Å²) in [6.45, 7) is 6.28. The topological polar surface area (TPSA) is 74.3 Å². The van der Waals surface area contributed by atoms with Crippen molar-refractivity contribution in [2.75, 3.05) is 0 Å². The fourth-order valence-corrected chi connectivity index (χ4v) is 2.71. The molecule has 5 heteroatoms. The fraction of sp³-hybridized carbons (Fsp3) is 0.312. The van der Waals surface area contributed by atoms with Gasteiger partial charge in [-0.1, -0.05) is 6.07 Å². The zero-order valence-electron chi connectivity index (χ0n) is 12.3. The quantitative estimate of drug-likeness (QED) is 0.803. The minimum atomic E-state index is -0.339. The Morgan fingerprint density at radius 1 is 1.24 bits per heavy atom. The van der Waals surface area contributed by atoms with E-state index < -0.39 is 0 Å². The van der Waals surface area contributed by atoms with Crippen LogP contribution in [-0.4, -0.2) is 4.57 Å². The second-order valence-corrected chi connectivity index (χ2v) is 5.19. The molecule has 0 fully saturated rings. The summed E-state index contributed by atoms with van der Waals surface area (Å²) >= 11 is 0. The number of benzene rings is 1. The summed E-state index contributed by atoms with van der Waals surface area (Å²) in [5.74, 6) is 1.31. The molecule has 0 spiro atoms. The van der Waals surface area contributed by atoms with E-state index in [0.29, 0.717) is 12.1 Å². The predicted molar refractivity (Wildman–Crippen MR) is 80.4 cm³/mol. The highest BCUT2D eigenvalue weighted by Gasteiger charge is 2.17. The van der Waals surface area contributed by atoms with Crippen LogP contribution in [0.3, 0.4) is 0 Å². The summed E-state index contributed by atoms with van der Waals surface area (Å²) in [4.78, 5) is 11.7. The monoisotopic (exact) mass is 286 g/mol. The molecule has 1 atom stereocenters. The molecule has 1 unspecified atom stereocenters. The molecule has 0 aliphatic rings.